The maximum atomic E-state index is 11.2. The van der Waals surface area contributed by atoms with Gasteiger partial charge in [-0.2, -0.15) is 11.8 Å². The van der Waals surface area contributed by atoms with Crippen LogP contribution in [0.25, 0.3) is 0 Å². The Hall–Kier alpha value is -0.380. The van der Waals surface area contributed by atoms with Crippen molar-refractivity contribution in [3.63, 3.8) is 0 Å². The second-order valence-corrected chi connectivity index (χ2v) is 5.64. The van der Waals surface area contributed by atoms with Gasteiger partial charge in [0.15, 0.2) is 6.29 Å². The first-order valence-corrected chi connectivity index (χ1v) is 7.90. The first kappa shape index (κ1) is 17.7. The summed E-state index contributed by atoms with van der Waals surface area (Å²) in [4.78, 5) is 11.2. The van der Waals surface area contributed by atoms with Crippen LogP contribution in [0.4, 0.5) is 0 Å². The lowest BCUT2D eigenvalue weighted by Crippen LogP contribution is -2.64. The van der Waals surface area contributed by atoms with Gasteiger partial charge in [-0.15, -0.1) is 0 Å². The second kappa shape index (κ2) is 8.81. The normalized spacial score (nSPS) is 34.0. The van der Waals surface area contributed by atoms with Gasteiger partial charge in [-0.3, -0.25) is 4.79 Å². The number of aliphatic hydroxyl groups is 3. The van der Waals surface area contributed by atoms with Gasteiger partial charge >= 0.3 is 0 Å². The highest BCUT2D eigenvalue weighted by atomic mass is 32.2. The smallest absolute Gasteiger partial charge is 0.217 e. The summed E-state index contributed by atoms with van der Waals surface area (Å²) in [6.07, 6.45) is -1.56. The van der Waals surface area contributed by atoms with Crippen molar-refractivity contribution >= 4 is 17.7 Å². The Morgan fingerprint density at radius 1 is 1.40 bits per heavy atom. The van der Waals surface area contributed by atoms with E-state index in [1.807, 2.05) is 6.26 Å². The molecule has 0 bridgehead atoms. The number of hydrogen-bond donors (Lipinski definition) is 4. The Morgan fingerprint density at radius 3 is 2.65 bits per heavy atom. The van der Waals surface area contributed by atoms with Crippen molar-refractivity contribution in [2.24, 2.45) is 0 Å². The lowest BCUT2D eigenvalue weighted by molar-refractivity contribution is -0.270. The molecule has 20 heavy (non-hydrogen) atoms. The molecule has 1 saturated heterocycles. The molecule has 1 aliphatic rings. The number of nitrogens with one attached hydrogen (secondary N) is 1. The lowest BCUT2D eigenvalue weighted by atomic mass is 9.97. The fourth-order valence-electron chi connectivity index (χ4n) is 2.02. The average molecular weight is 309 g/mol. The predicted molar refractivity (Wildman–Crippen MR) is 74.3 cm³/mol. The summed E-state index contributed by atoms with van der Waals surface area (Å²) in [7, 11) is 0. The third-order valence-corrected chi connectivity index (χ3v) is 3.72. The third kappa shape index (κ3) is 4.87. The highest BCUT2D eigenvalue weighted by Gasteiger charge is 2.45. The number of hydrogen-bond acceptors (Lipinski definition) is 7. The molecule has 0 aliphatic carbocycles. The summed E-state index contributed by atoms with van der Waals surface area (Å²) < 4.78 is 10.9. The van der Waals surface area contributed by atoms with E-state index in [0.29, 0.717) is 6.61 Å². The lowest BCUT2D eigenvalue weighted by Gasteiger charge is -2.42. The number of thioether (sulfide) groups is 1. The molecule has 1 rings (SSSR count). The van der Waals surface area contributed by atoms with Crippen LogP contribution in [0.5, 0.6) is 0 Å². The van der Waals surface area contributed by atoms with Crippen molar-refractivity contribution in [3.05, 3.63) is 0 Å². The van der Waals surface area contributed by atoms with Crippen molar-refractivity contribution < 1.29 is 29.6 Å². The van der Waals surface area contributed by atoms with Gasteiger partial charge in [-0.25, -0.2) is 0 Å². The van der Waals surface area contributed by atoms with Crippen LogP contribution in [0.15, 0.2) is 0 Å². The summed E-state index contributed by atoms with van der Waals surface area (Å²) in [5.41, 5.74) is 0. The summed E-state index contributed by atoms with van der Waals surface area (Å²) >= 11 is 1.69. The van der Waals surface area contributed by atoms with Crippen molar-refractivity contribution in [2.45, 2.75) is 44.0 Å². The van der Waals surface area contributed by atoms with Gasteiger partial charge in [0.2, 0.25) is 5.91 Å². The van der Waals surface area contributed by atoms with Gasteiger partial charge in [0.05, 0.1) is 13.2 Å². The number of amides is 1. The second-order valence-electron chi connectivity index (χ2n) is 4.65. The fourth-order valence-corrected chi connectivity index (χ4v) is 2.42. The summed E-state index contributed by atoms with van der Waals surface area (Å²) in [5.74, 6) is 0.566. The van der Waals surface area contributed by atoms with E-state index in [0.717, 1.165) is 12.2 Å². The standard InChI is InChI=1S/C12H23NO6S/c1-7(15)13-9-11(17)10(16)8(6-14)19-12(9)18-4-3-5-20-2/h8-12,14,16-17H,3-6H2,1-2H3,(H,13,15)/t8-,9-,10-,11-,12-/m1/s1. The molecule has 1 fully saturated rings. The zero-order chi connectivity index (χ0) is 15.1. The minimum Gasteiger partial charge on any atom is -0.394 e. The Morgan fingerprint density at radius 2 is 2.10 bits per heavy atom. The Bertz CT molecular complexity index is 306. The molecule has 0 aromatic heterocycles. The molecule has 0 saturated carbocycles. The molecule has 0 radical (unpaired) electrons. The van der Waals surface area contributed by atoms with Gasteiger partial charge in [0.1, 0.15) is 24.4 Å². The largest absolute Gasteiger partial charge is 0.394 e. The average Bonchev–Trinajstić information content (AvgIpc) is 2.41. The van der Waals surface area contributed by atoms with Crippen LogP contribution in [0.3, 0.4) is 0 Å². The van der Waals surface area contributed by atoms with Crippen molar-refractivity contribution in [1.29, 1.82) is 0 Å². The van der Waals surface area contributed by atoms with Crippen LogP contribution in [-0.4, -0.2) is 77.1 Å². The maximum absolute atomic E-state index is 11.2. The van der Waals surface area contributed by atoms with E-state index in [9.17, 15) is 15.0 Å². The first-order chi connectivity index (χ1) is 9.51. The van der Waals surface area contributed by atoms with Crippen LogP contribution in [0.2, 0.25) is 0 Å². The van der Waals surface area contributed by atoms with Crippen LogP contribution < -0.4 is 5.32 Å². The number of ether oxygens (including phenoxy) is 2. The van der Waals surface area contributed by atoms with Gasteiger partial charge in [-0.1, -0.05) is 0 Å². The Balaban J connectivity index is 2.65. The van der Waals surface area contributed by atoms with Gasteiger partial charge in [0.25, 0.3) is 0 Å². The number of rotatable bonds is 7. The van der Waals surface area contributed by atoms with Crippen LogP contribution in [-0.2, 0) is 14.3 Å². The number of carbonyl (C=O) groups is 1. The molecule has 7 nitrogen and oxygen atoms in total. The quantitative estimate of drug-likeness (QED) is 0.433. The first-order valence-electron chi connectivity index (χ1n) is 6.51. The van der Waals surface area contributed by atoms with Crippen molar-refractivity contribution in [3.8, 4) is 0 Å². The predicted octanol–water partition coefficient (Wildman–Crippen LogP) is -1.30. The van der Waals surface area contributed by atoms with E-state index >= 15 is 0 Å². The molecule has 0 unspecified atom stereocenters. The van der Waals surface area contributed by atoms with Gasteiger partial charge in [-0.05, 0) is 18.4 Å². The molecular weight excluding hydrogens is 286 g/mol. The molecule has 1 heterocycles. The van der Waals surface area contributed by atoms with Crippen molar-refractivity contribution in [1.82, 2.24) is 5.32 Å². The van der Waals surface area contributed by atoms with Crippen LogP contribution in [0.1, 0.15) is 13.3 Å². The number of aliphatic hydroxyl groups excluding tert-OH is 3. The molecule has 4 N–H and O–H groups in total. The molecule has 0 spiro atoms. The number of carbonyl (C=O) groups excluding carboxylic acids is 1. The van der Waals surface area contributed by atoms with E-state index in [1.54, 1.807) is 11.8 Å². The monoisotopic (exact) mass is 309 g/mol. The Labute approximate surface area is 122 Å². The van der Waals surface area contributed by atoms with Crippen LogP contribution >= 0.6 is 11.8 Å². The highest BCUT2D eigenvalue weighted by Crippen LogP contribution is 2.22. The molecule has 1 aliphatic heterocycles. The van der Waals surface area contributed by atoms with E-state index < -0.39 is 37.3 Å². The molecule has 5 atom stereocenters. The zero-order valence-corrected chi connectivity index (χ0v) is 12.5. The summed E-state index contributed by atoms with van der Waals surface area (Å²) in [6.45, 7) is 1.28. The van der Waals surface area contributed by atoms with Gasteiger partial charge in [0, 0.05) is 6.92 Å². The third-order valence-electron chi connectivity index (χ3n) is 3.03. The summed E-state index contributed by atoms with van der Waals surface area (Å²) in [5, 5.41) is 31.5. The maximum Gasteiger partial charge on any atom is 0.217 e. The molecule has 1 amide bonds. The van der Waals surface area contributed by atoms with Gasteiger partial charge < -0.3 is 30.1 Å². The van der Waals surface area contributed by atoms with E-state index in [4.69, 9.17) is 14.6 Å². The fraction of sp³-hybridized carbons (Fsp3) is 0.917. The zero-order valence-electron chi connectivity index (χ0n) is 11.7. The van der Waals surface area contributed by atoms with E-state index in [1.165, 1.54) is 6.92 Å². The highest BCUT2D eigenvalue weighted by molar-refractivity contribution is 7.98. The molecule has 8 heteroatoms. The minimum atomic E-state index is -1.28. The van der Waals surface area contributed by atoms with E-state index in [-0.39, 0.29) is 5.91 Å². The SMILES string of the molecule is CSCCCO[C@@H]1O[C@H](CO)[C@@H](O)[C@H](O)[C@H]1NC(C)=O. The van der Waals surface area contributed by atoms with Crippen LogP contribution in [0, 0.1) is 0 Å². The van der Waals surface area contributed by atoms with Crippen molar-refractivity contribution in [2.75, 3.05) is 25.2 Å². The minimum absolute atomic E-state index is 0.356. The van der Waals surface area contributed by atoms with E-state index in [2.05, 4.69) is 5.32 Å². The Kier molecular flexibility index (Phi) is 7.78. The topological polar surface area (TPSA) is 108 Å². The molecule has 118 valence electrons. The summed E-state index contributed by atoms with van der Waals surface area (Å²) in [6, 6.07) is -0.862. The molecule has 0 aromatic rings. The molecule has 0 aromatic carbocycles. The molecular formula is C12H23NO6S.